The molecular formula is C27H26F4N4O5. The van der Waals surface area contributed by atoms with Crippen LogP contribution in [0.1, 0.15) is 24.3 Å². The van der Waals surface area contributed by atoms with Gasteiger partial charge in [-0.2, -0.15) is 18.3 Å². The fourth-order valence-electron chi connectivity index (χ4n) is 3.80. The quantitative estimate of drug-likeness (QED) is 0.229. The minimum atomic E-state index is -4.61. The van der Waals surface area contributed by atoms with E-state index >= 15 is 4.39 Å². The van der Waals surface area contributed by atoms with Gasteiger partial charge in [-0.1, -0.05) is 13.8 Å². The third-order valence-electron chi connectivity index (χ3n) is 5.50. The molecule has 0 aliphatic carbocycles. The van der Waals surface area contributed by atoms with Crippen molar-refractivity contribution in [2.24, 2.45) is 5.92 Å². The van der Waals surface area contributed by atoms with E-state index in [1.54, 1.807) is 18.2 Å². The topological polar surface area (TPSA) is 96.7 Å². The average Bonchev–Trinajstić information content (AvgIpc) is 3.30. The molecule has 0 aliphatic heterocycles. The van der Waals surface area contributed by atoms with Gasteiger partial charge in [0.1, 0.15) is 5.75 Å². The highest BCUT2D eigenvalue weighted by Gasteiger charge is 2.30. The summed E-state index contributed by atoms with van der Waals surface area (Å²) in [6.45, 7) is 2.51. The van der Waals surface area contributed by atoms with Crippen LogP contribution >= 0.6 is 0 Å². The number of carbonyl (C=O) groups excluding carboxylic acids is 1. The van der Waals surface area contributed by atoms with Crippen LogP contribution in [-0.4, -0.2) is 47.7 Å². The molecule has 2 aromatic heterocycles. The summed E-state index contributed by atoms with van der Waals surface area (Å²) in [5, 5.41) is 7.05. The first-order valence-electron chi connectivity index (χ1n) is 12.0. The second-order valence-corrected chi connectivity index (χ2v) is 9.10. The van der Waals surface area contributed by atoms with E-state index in [1.807, 2.05) is 13.8 Å². The van der Waals surface area contributed by atoms with Gasteiger partial charge in [0.05, 0.1) is 25.9 Å². The van der Waals surface area contributed by atoms with Gasteiger partial charge in [0.2, 0.25) is 0 Å². The van der Waals surface area contributed by atoms with Crippen LogP contribution < -0.4 is 24.3 Å². The monoisotopic (exact) mass is 562 g/mol. The Bertz CT molecular complexity index is 1520. The van der Waals surface area contributed by atoms with Gasteiger partial charge in [0.25, 0.3) is 5.91 Å². The number of benzene rings is 2. The van der Waals surface area contributed by atoms with Crippen molar-refractivity contribution in [3.8, 4) is 28.7 Å². The molecule has 0 spiro atoms. The number of nitrogens with zero attached hydrogens (tertiary/aromatic N) is 3. The lowest BCUT2D eigenvalue weighted by Crippen LogP contribution is -2.21. The van der Waals surface area contributed by atoms with Crippen molar-refractivity contribution in [2.75, 3.05) is 26.1 Å². The van der Waals surface area contributed by atoms with Crippen molar-refractivity contribution >= 4 is 22.5 Å². The molecule has 2 aromatic carbocycles. The molecule has 4 rings (SSSR count). The van der Waals surface area contributed by atoms with Crippen LogP contribution in [0, 0.1) is 11.7 Å². The molecule has 0 saturated heterocycles. The van der Waals surface area contributed by atoms with E-state index in [4.69, 9.17) is 18.9 Å². The highest BCUT2D eigenvalue weighted by molar-refractivity contribution is 6.04. The van der Waals surface area contributed by atoms with Crippen LogP contribution in [0.3, 0.4) is 0 Å². The van der Waals surface area contributed by atoms with Crippen molar-refractivity contribution in [3.05, 3.63) is 60.3 Å². The van der Waals surface area contributed by atoms with Gasteiger partial charge in [-0.25, -0.2) is 4.39 Å². The van der Waals surface area contributed by atoms with Gasteiger partial charge in [-0.3, -0.25) is 14.5 Å². The maximum absolute atomic E-state index is 15.0. The molecule has 0 aliphatic rings. The average molecular weight is 563 g/mol. The number of aromatic nitrogens is 3. The predicted octanol–water partition coefficient (Wildman–Crippen LogP) is 6.23. The van der Waals surface area contributed by atoms with Crippen LogP contribution in [0.2, 0.25) is 0 Å². The third-order valence-corrected chi connectivity index (χ3v) is 5.50. The molecule has 0 fully saturated rings. The van der Waals surface area contributed by atoms with Crippen LogP contribution in [-0.2, 0) is 6.54 Å². The Kier molecular flexibility index (Phi) is 8.31. The fraction of sp³-hybridized carbons (Fsp3) is 0.296. The fourth-order valence-corrected chi connectivity index (χ4v) is 3.80. The Hall–Kier alpha value is -4.55. The number of anilines is 1. The van der Waals surface area contributed by atoms with Gasteiger partial charge in [0, 0.05) is 35.9 Å². The van der Waals surface area contributed by atoms with Crippen molar-refractivity contribution in [1.29, 1.82) is 0 Å². The summed E-state index contributed by atoms with van der Waals surface area (Å²) in [5.74, 6) is -0.857. The second-order valence-electron chi connectivity index (χ2n) is 9.10. The number of pyridine rings is 1. The minimum absolute atomic E-state index is 0.0287. The summed E-state index contributed by atoms with van der Waals surface area (Å²) in [6.07, 6.45) is -1.89. The number of ether oxygens (including phenoxy) is 4. The number of hydrogen-bond acceptors (Lipinski definition) is 7. The van der Waals surface area contributed by atoms with Gasteiger partial charge >= 0.3 is 6.18 Å². The zero-order valence-electron chi connectivity index (χ0n) is 22.0. The first-order chi connectivity index (χ1) is 19.0. The molecule has 0 radical (unpaired) electrons. The van der Waals surface area contributed by atoms with Gasteiger partial charge in [0.15, 0.2) is 41.1 Å². The summed E-state index contributed by atoms with van der Waals surface area (Å²) >= 11 is 0. The number of halogens is 4. The Balaban J connectivity index is 1.55. The number of fused-ring (bicyclic) bond motifs is 1. The molecule has 4 aromatic rings. The molecule has 0 saturated carbocycles. The molecule has 0 unspecified atom stereocenters. The molecule has 212 valence electrons. The number of hydrogen-bond donors (Lipinski definition) is 1. The molecule has 9 nitrogen and oxygen atoms in total. The lowest BCUT2D eigenvalue weighted by molar-refractivity contribution is -0.153. The van der Waals surface area contributed by atoms with E-state index < -0.39 is 24.5 Å². The maximum atomic E-state index is 15.0. The van der Waals surface area contributed by atoms with Crippen LogP contribution in [0.15, 0.2) is 48.8 Å². The summed E-state index contributed by atoms with van der Waals surface area (Å²) < 4.78 is 75.7. The third kappa shape index (κ3) is 6.71. The van der Waals surface area contributed by atoms with Crippen LogP contribution in [0.5, 0.6) is 28.7 Å². The summed E-state index contributed by atoms with van der Waals surface area (Å²) in [6, 6.07) is 8.56. The Morgan fingerprint density at radius 1 is 1.00 bits per heavy atom. The molecule has 1 N–H and O–H groups in total. The Morgan fingerprint density at radius 3 is 2.38 bits per heavy atom. The summed E-state index contributed by atoms with van der Waals surface area (Å²) in [5.41, 5.74) is 0.194. The standard InChI is InChI=1S/C27H26F4N4O5/c1-15(2)12-35-13-24(39-14-27(29,30)31)25(34-35)26(36)33-16-5-6-21(18(28)9-16)40-20-7-8-32-19-11-23(38-4)22(37-3)10-17(19)20/h5-11,13,15H,12,14H2,1-4H3,(H,33,36). The highest BCUT2D eigenvalue weighted by atomic mass is 19.4. The van der Waals surface area contributed by atoms with E-state index in [0.717, 1.165) is 6.07 Å². The summed E-state index contributed by atoms with van der Waals surface area (Å²) in [4.78, 5) is 17.2. The number of carbonyl (C=O) groups is 1. The van der Waals surface area contributed by atoms with E-state index in [9.17, 15) is 18.0 Å². The second kappa shape index (κ2) is 11.7. The molecule has 13 heteroatoms. The van der Waals surface area contributed by atoms with E-state index in [-0.39, 0.29) is 28.8 Å². The number of alkyl halides is 3. The summed E-state index contributed by atoms with van der Waals surface area (Å²) in [7, 11) is 2.97. The Labute approximate surface area is 226 Å². The van der Waals surface area contributed by atoms with Crippen molar-refractivity contribution in [2.45, 2.75) is 26.6 Å². The van der Waals surface area contributed by atoms with E-state index in [1.165, 1.54) is 43.4 Å². The first-order valence-corrected chi connectivity index (χ1v) is 12.0. The zero-order valence-corrected chi connectivity index (χ0v) is 22.0. The van der Waals surface area contributed by atoms with E-state index in [2.05, 4.69) is 15.4 Å². The number of nitrogens with one attached hydrogen (secondary N) is 1. The van der Waals surface area contributed by atoms with Crippen molar-refractivity contribution in [1.82, 2.24) is 14.8 Å². The number of methoxy groups -OCH3 is 2. The molecule has 1 amide bonds. The largest absolute Gasteiger partial charge is 0.493 e. The Morgan fingerprint density at radius 2 is 1.73 bits per heavy atom. The van der Waals surface area contributed by atoms with Gasteiger partial charge in [-0.15, -0.1) is 0 Å². The van der Waals surface area contributed by atoms with E-state index in [0.29, 0.717) is 34.7 Å². The molecular weight excluding hydrogens is 536 g/mol. The highest BCUT2D eigenvalue weighted by Crippen LogP contribution is 2.37. The molecule has 40 heavy (non-hydrogen) atoms. The van der Waals surface area contributed by atoms with Gasteiger partial charge in [-0.05, 0) is 30.2 Å². The lowest BCUT2D eigenvalue weighted by Gasteiger charge is -2.13. The lowest BCUT2D eigenvalue weighted by atomic mass is 10.2. The van der Waals surface area contributed by atoms with Crippen LogP contribution in [0.4, 0.5) is 23.2 Å². The predicted molar refractivity (Wildman–Crippen MR) is 138 cm³/mol. The SMILES string of the molecule is COc1cc2nccc(Oc3ccc(NC(=O)c4nn(CC(C)C)cc4OCC(F)(F)F)cc3F)c2cc1OC. The van der Waals surface area contributed by atoms with Crippen LogP contribution in [0.25, 0.3) is 10.9 Å². The number of amides is 1. The molecule has 0 atom stereocenters. The maximum Gasteiger partial charge on any atom is 0.422 e. The normalized spacial score (nSPS) is 11.5. The van der Waals surface area contributed by atoms with Crippen molar-refractivity contribution < 1.29 is 41.3 Å². The number of rotatable bonds is 10. The minimum Gasteiger partial charge on any atom is -0.493 e. The first kappa shape index (κ1) is 28.5. The molecule has 0 bridgehead atoms. The molecule has 2 heterocycles. The zero-order chi connectivity index (χ0) is 29.0. The van der Waals surface area contributed by atoms with Crippen molar-refractivity contribution in [3.63, 3.8) is 0 Å². The smallest absolute Gasteiger partial charge is 0.422 e. The van der Waals surface area contributed by atoms with Gasteiger partial charge < -0.3 is 24.3 Å².